The molecule has 0 aliphatic carbocycles. The molecule has 0 aliphatic heterocycles. The fourth-order valence-electron chi connectivity index (χ4n) is 2.69. The SMILES string of the molecule is CCOc1ccc2ccccc2c1C=NNC(=O)Cc1ccc(F)cc1. The molecule has 132 valence electrons. The Morgan fingerprint density at radius 1 is 1.12 bits per heavy atom. The van der Waals surface area contributed by atoms with Gasteiger partial charge < -0.3 is 4.74 Å². The van der Waals surface area contributed by atoms with Crippen LogP contribution in [-0.4, -0.2) is 18.7 Å². The van der Waals surface area contributed by atoms with E-state index in [9.17, 15) is 9.18 Å². The molecule has 0 heterocycles. The van der Waals surface area contributed by atoms with Crippen LogP contribution >= 0.6 is 0 Å². The van der Waals surface area contributed by atoms with E-state index in [1.807, 2.05) is 43.3 Å². The monoisotopic (exact) mass is 350 g/mol. The molecular weight excluding hydrogens is 331 g/mol. The van der Waals surface area contributed by atoms with Gasteiger partial charge in [-0.05, 0) is 41.5 Å². The second kappa shape index (κ2) is 8.25. The number of nitrogens with zero attached hydrogens (tertiary/aromatic N) is 1. The summed E-state index contributed by atoms with van der Waals surface area (Å²) in [5, 5.41) is 6.13. The molecule has 0 aromatic heterocycles. The van der Waals surface area contributed by atoms with Crippen LogP contribution in [0, 0.1) is 5.82 Å². The van der Waals surface area contributed by atoms with Gasteiger partial charge in [0, 0.05) is 5.56 Å². The predicted molar refractivity (Wildman–Crippen MR) is 101 cm³/mol. The van der Waals surface area contributed by atoms with Gasteiger partial charge in [-0.2, -0.15) is 5.10 Å². The lowest BCUT2D eigenvalue weighted by atomic mass is 10.0. The van der Waals surface area contributed by atoms with Gasteiger partial charge in [-0.1, -0.05) is 42.5 Å². The van der Waals surface area contributed by atoms with Crippen LogP contribution in [0.3, 0.4) is 0 Å². The maximum atomic E-state index is 12.9. The van der Waals surface area contributed by atoms with Crippen LogP contribution in [0.25, 0.3) is 10.8 Å². The highest BCUT2D eigenvalue weighted by atomic mass is 19.1. The zero-order valence-electron chi connectivity index (χ0n) is 14.4. The van der Waals surface area contributed by atoms with Crippen molar-refractivity contribution in [3.05, 3.63) is 77.6 Å². The number of carbonyl (C=O) groups excluding carboxylic acids is 1. The average Bonchev–Trinajstić information content (AvgIpc) is 2.65. The molecule has 0 unspecified atom stereocenters. The first-order valence-corrected chi connectivity index (χ1v) is 8.38. The van der Waals surface area contributed by atoms with Crippen LogP contribution in [-0.2, 0) is 11.2 Å². The minimum Gasteiger partial charge on any atom is -0.493 e. The van der Waals surface area contributed by atoms with Crippen molar-refractivity contribution < 1.29 is 13.9 Å². The number of ether oxygens (including phenoxy) is 1. The Bertz CT molecular complexity index is 936. The maximum Gasteiger partial charge on any atom is 0.244 e. The quantitative estimate of drug-likeness (QED) is 0.538. The fourth-order valence-corrected chi connectivity index (χ4v) is 2.69. The molecule has 0 spiro atoms. The van der Waals surface area contributed by atoms with Crippen LogP contribution in [0.2, 0.25) is 0 Å². The molecule has 0 atom stereocenters. The topological polar surface area (TPSA) is 50.7 Å². The number of benzene rings is 3. The van der Waals surface area contributed by atoms with Crippen LogP contribution in [0.4, 0.5) is 4.39 Å². The highest BCUT2D eigenvalue weighted by Gasteiger charge is 2.07. The van der Waals surface area contributed by atoms with E-state index in [0.717, 1.165) is 21.9 Å². The molecule has 0 saturated carbocycles. The minimum atomic E-state index is -0.327. The first-order chi connectivity index (χ1) is 12.7. The normalized spacial score (nSPS) is 11.0. The lowest BCUT2D eigenvalue weighted by molar-refractivity contribution is -0.120. The maximum absolute atomic E-state index is 12.9. The molecule has 0 radical (unpaired) electrons. The lowest BCUT2D eigenvalue weighted by Gasteiger charge is -2.10. The van der Waals surface area contributed by atoms with Crippen molar-refractivity contribution in [3.63, 3.8) is 0 Å². The second-order valence-electron chi connectivity index (χ2n) is 5.73. The zero-order chi connectivity index (χ0) is 18.4. The number of hydrazone groups is 1. The second-order valence-corrected chi connectivity index (χ2v) is 5.73. The van der Waals surface area contributed by atoms with Gasteiger partial charge >= 0.3 is 0 Å². The van der Waals surface area contributed by atoms with Gasteiger partial charge in [-0.3, -0.25) is 4.79 Å². The molecule has 0 bridgehead atoms. The number of nitrogens with one attached hydrogen (secondary N) is 1. The van der Waals surface area contributed by atoms with E-state index in [2.05, 4.69) is 10.5 Å². The van der Waals surface area contributed by atoms with Crippen LogP contribution in [0.1, 0.15) is 18.1 Å². The highest BCUT2D eigenvalue weighted by Crippen LogP contribution is 2.26. The Hall–Kier alpha value is -3.21. The van der Waals surface area contributed by atoms with Gasteiger partial charge in [0.25, 0.3) is 0 Å². The fraction of sp³-hybridized carbons (Fsp3) is 0.143. The Morgan fingerprint density at radius 3 is 2.65 bits per heavy atom. The lowest BCUT2D eigenvalue weighted by Crippen LogP contribution is -2.19. The molecule has 26 heavy (non-hydrogen) atoms. The average molecular weight is 350 g/mol. The van der Waals surface area contributed by atoms with Crippen molar-refractivity contribution in [2.45, 2.75) is 13.3 Å². The number of carbonyl (C=O) groups is 1. The summed E-state index contributed by atoms with van der Waals surface area (Å²) in [6.07, 6.45) is 1.72. The van der Waals surface area contributed by atoms with Crippen molar-refractivity contribution in [1.29, 1.82) is 0 Å². The van der Waals surface area contributed by atoms with E-state index in [1.54, 1.807) is 18.3 Å². The van der Waals surface area contributed by atoms with E-state index in [1.165, 1.54) is 12.1 Å². The first-order valence-electron chi connectivity index (χ1n) is 8.38. The summed E-state index contributed by atoms with van der Waals surface area (Å²) in [4.78, 5) is 12.0. The number of fused-ring (bicyclic) bond motifs is 1. The van der Waals surface area contributed by atoms with Crippen molar-refractivity contribution in [2.75, 3.05) is 6.61 Å². The number of rotatable bonds is 6. The predicted octanol–water partition coefficient (Wildman–Crippen LogP) is 4.07. The number of halogens is 1. The van der Waals surface area contributed by atoms with Gasteiger partial charge in [0.15, 0.2) is 0 Å². The van der Waals surface area contributed by atoms with E-state index < -0.39 is 0 Å². The minimum absolute atomic E-state index is 0.130. The molecule has 4 nitrogen and oxygen atoms in total. The van der Waals surface area contributed by atoms with Crippen LogP contribution in [0.15, 0.2) is 65.8 Å². The molecule has 3 rings (SSSR count). The number of amides is 1. The van der Waals surface area contributed by atoms with Gasteiger partial charge in [-0.15, -0.1) is 0 Å². The van der Waals surface area contributed by atoms with Gasteiger partial charge in [-0.25, -0.2) is 9.82 Å². The molecular formula is C21H19FN2O2. The van der Waals surface area contributed by atoms with E-state index in [4.69, 9.17) is 4.74 Å². The molecule has 0 saturated heterocycles. The Morgan fingerprint density at radius 2 is 1.88 bits per heavy atom. The zero-order valence-corrected chi connectivity index (χ0v) is 14.4. The highest BCUT2D eigenvalue weighted by molar-refractivity contribution is 6.02. The standard InChI is InChI=1S/C21H19FN2O2/c1-2-26-20-12-9-16-5-3-4-6-18(16)19(20)14-23-24-21(25)13-15-7-10-17(22)11-8-15/h3-12,14H,2,13H2,1H3,(H,24,25). The van der Waals surface area contributed by atoms with Crippen LogP contribution < -0.4 is 10.2 Å². The van der Waals surface area contributed by atoms with Gasteiger partial charge in [0.2, 0.25) is 5.91 Å². The smallest absolute Gasteiger partial charge is 0.244 e. The summed E-state index contributed by atoms with van der Waals surface area (Å²) in [6, 6.07) is 17.6. The molecule has 5 heteroatoms. The largest absolute Gasteiger partial charge is 0.493 e. The Kier molecular flexibility index (Phi) is 5.59. The van der Waals surface area contributed by atoms with Crippen LogP contribution in [0.5, 0.6) is 5.75 Å². The van der Waals surface area contributed by atoms with Crippen molar-refractivity contribution in [3.8, 4) is 5.75 Å². The molecule has 1 N–H and O–H groups in total. The number of hydrogen-bond acceptors (Lipinski definition) is 3. The summed E-state index contributed by atoms with van der Waals surface area (Å²) >= 11 is 0. The third kappa shape index (κ3) is 4.25. The number of hydrogen-bond donors (Lipinski definition) is 1. The van der Waals surface area contributed by atoms with Gasteiger partial charge in [0.1, 0.15) is 11.6 Å². The molecule has 0 aliphatic rings. The summed E-state index contributed by atoms with van der Waals surface area (Å²) < 4.78 is 18.6. The van der Waals surface area contributed by atoms with Crippen molar-refractivity contribution in [2.24, 2.45) is 5.10 Å². The Labute approximate surface area is 151 Å². The van der Waals surface area contributed by atoms with E-state index >= 15 is 0 Å². The molecule has 3 aromatic carbocycles. The Balaban J connectivity index is 1.76. The summed E-state index contributed by atoms with van der Waals surface area (Å²) in [7, 11) is 0. The first kappa shape index (κ1) is 17.6. The third-order valence-electron chi connectivity index (χ3n) is 3.89. The van der Waals surface area contributed by atoms with Crippen molar-refractivity contribution in [1.82, 2.24) is 5.43 Å². The summed E-state index contributed by atoms with van der Waals surface area (Å²) in [5.74, 6) is 0.111. The molecule has 0 fully saturated rings. The van der Waals surface area contributed by atoms with E-state index in [0.29, 0.717) is 12.4 Å². The third-order valence-corrected chi connectivity index (χ3v) is 3.89. The summed E-state index contributed by atoms with van der Waals surface area (Å²) in [6.45, 7) is 2.46. The summed E-state index contributed by atoms with van der Waals surface area (Å²) in [5.41, 5.74) is 4.04. The molecule has 1 amide bonds. The molecule has 3 aromatic rings. The van der Waals surface area contributed by atoms with Gasteiger partial charge in [0.05, 0.1) is 19.2 Å². The van der Waals surface area contributed by atoms with E-state index in [-0.39, 0.29) is 18.1 Å². The van der Waals surface area contributed by atoms with Crippen molar-refractivity contribution >= 4 is 22.9 Å².